The van der Waals surface area contributed by atoms with Gasteiger partial charge in [0.1, 0.15) is 5.75 Å². The first kappa shape index (κ1) is 11.8. The van der Waals surface area contributed by atoms with Crippen LogP contribution in [0.25, 0.3) is 0 Å². The molecule has 0 fully saturated rings. The highest BCUT2D eigenvalue weighted by Crippen LogP contribution is 2.38. The summed E-state index contributed by atoms with van der Waals surface area (Å²) in [7, 11) is 5.44. The summed E-state index contributed by atoms with van der Waals surface area (Å²) in [6.07, 6.45) is 3.29. The minimum Gasteiger partial charge on any atom is -0.497 e. The van der Waals surface area contributed by atoms with Crippen LogP contribution in [0.4, 0.5) is 0 Å². The maximum absolute atomic E-state index is 5.13. The molecule has 0 N–H and O–H groups in total. The first-order valence-electron chi connectivity index (χ1n) is 4.65. The average molecular weight is 228 g/mol. The molecule has 1 aromatic carbocycles. The lowest BCUT2D eigenvalue weighted by atomic mass is 10.1. The number of benzene rings is 1. The first-order valence-corrected chi connectivity index (χ1v) is 7.27. The van der Waals surface area contributed by atoms with Gasteiger partial charge in [-0.05, 0) is 30.4 Å². The largest absolute Gasteiger partial charge is 0.497 e. The van der Waals surface area contributed by atoms with E-state index in [0.29, 0.717) is 5.25 Å². The molecule has 0 amide bonds. The number of rotatable bonds is 5. The zero-order valence-electron chi connectivity index (χ0n) is 8.82. The summed E-state index contributed by atoms with van der Waals surface area (Å²) < 4.78 is 5.13. The molecule has 0 aromatic heterocycles. The molecule has 1 unspecified atom stereocenters. The third-order valence-electron chi connectivity index (χ3n) is 2.07. The van der Waals surface area contributed by atoms with E-state index in [1.165, 1.54) is 5.56 Å². The minimum absolute atomic E-state index is 0.593. The molecule has 14 heavy (non-hydrogen) atoms. The predicted molar refractivity (Wildman–Crippen MR) is 67.1 cm³/mol. The summed E-state index contributed by atoms with van der Waals surface area (Å²) in [5, 5.41) is 0.593. The van der Waals surface area contributed by atoms with E-state index in [1.807, 2.05) is 33.7 Å². The molecule has 0 aliphatic rings. The van der Waals surface area contributed by atoms with Gasteiger partial charge in [-0.25, -0.2) is 0 Å². The lowest BCUT2D eigenvalue weighted by Crippen LogP contribution is -1.90. The second-order valence-electron chi connectivity index (χ2n) is 2.93. The summed E-state index contributed by atoms with van der Waals surface area (Å²) in [6.45, 7) is 2.22. The van der Waals surface area contributed by atoms with Gasteiger partial charge in [0.25, 0.3) is 0 Å². The van der Waals surface area contributed by atoms with Gasteiger partial charge in [0.15, 0.2) is 0 Å². The maximum atomic E-state index is 5.13. The summed E-state index contributed by atoms with van der Waals surface area (Å²) in [5.41, 5.74) is 1.38. The Kier molecular flexibility index (Phi) is 5.26. The van der Waals surface area contributed by atoms with Crippen LogP contribution in [-0.4, -0.2) is 13.4 Å². The topological polar surface area (TPSA) is 9.23 Å². The van der Waals surface area contributed by atoms with Crippen LogP contribution in [-0.2, 0) is 0 Å². The molecule has 0 radical (unpaired) electrons. The number of hydrogen-bond donors (Lipinski definition) is 0. The van der Waals surface area contributed by atoms with E-state index in [9.17, 15) is 0 Å². The van der Waals surface area contributed by atoms with E-state index in [1.54, 1.807) is 7.11 Å². The molecule has 0 saturated heterocycles. The van der Waals surface area contributed by atoms with Crippen molar-refractivity contribution in [2.75, 3.05) is 13.4 Å². The Morgan fingerprint density at radius 2 is 1.93 bits per heavy atom. The molecule has 0 spiro atoms. The van der Waals surface area contributed by atoms with Gasteiger partial charge in [0.05, 0.1) is 7.11 Å². The third kappa shape index (κ3) is 3.14. The summed E-state index contributed by atoms with van der Waals surface area (Å²) >= 11 is 0. The van der Waals surface area contributed by atoms with Crippen LogP contribution in [0.5, 0.6) is 5.75 Å². The molecule has 1 aromatic rings. The number of methoxy groups -OCH3 is 1. The molecule has 3 heteroatoms. The first-order chi connectivity index (χ1) is 6.81. The predicted octanol–water partition coefficient (Wildman–Crippen LogP) is 4.16. The van der Waals surface area contributed by atoms with Crippen LogP contribution in [0.2, 0.25) is 0 Å². The second kappa shape index (κ2) is 6.25. The van der Waals surface area contributed by atoms with Crippen molar-refractivity contribution < 1.29 is 4.74 Å². The molecule has 1 rings (SSSR count). The Labute approximate surface area is 94.0 Å². The lowest BCUT2D eigenvalue weighted by molar-refractivity contribution is 0.414. The molecule has 1 atom stereocenters. The van der Waals surface area contributed by atoms with Crippen molar-refractivity contribution in [2.45, 2.75) is 18.6 Å². The molecular weight excluding hydrogens is 212 g/mol. The van der Waals surface area contributed by atoms with Crippen molar-refractivity contribution in [3.05, 3.63) is 29.8 Å². The van der Waals surface area contributed by atoms with Crippen molar-refractivity contribution in [2.24, 2.45) is 0 Å². The fourth-order valence-corrected chi connectivity index (χ4v) is 3.37. The average Bonchev–Trinajstić information content (AvgIpc) is 2.26. The van der Waals surface area contributed by atoms with E-state index >= 15 is 0 Å². The molecule has 0 aliphatic carbocycles. The van der Waals surface area contributed by atoms with Gasteiger partial charge >= 0.3 is 0 Å². The van der Waals surface area contributed by atoms with Crippen LogP contribution in [0.1, 0.15) is 24.2 Å². The normalized spacial score (nSPS) is 12.5. The van der Waals surface area contributed by atoms with Crippen molar-refractivity contribution in [1.29, 1.82) is 0 Å². The van der Waals surface area contributed by atoms with Crippen molar-refractivity contribution >= 4 is 21.6 Å². The zero-order valence-corrected chi connectivity index (χ0v) is 10.5. The maximum Gasteiger partial charge on any atom is 0.118 e. The van der Waals surface area contributed by atoms with Crippen molar-refractivity contribution in [3.8, 4) is 5.75 Å². The number of hydrogen-bond acceptors (Lipinski definition) is 3. The highest BCUT2D eigenvalue weighted by molar-refractivity contribution is 8.76. The standard InChI is InChI=1S/C11H16OS2/c1-4-11(14-13-3)9-5-7-10(12-2)8-6-9/h5-8,11H,4H2,1-3H3. The molecule has 78 valence electrons. The van der Waals surface area contributed by atoms with Crippen LogP contribution < -0.4 is 4.74 Å². The Morgan fingerprint density at radius 1 is 1.29 bits per heavy atom. The Bertz CT molecular complexity index is 258. The second-order valence-corrected chi connectivity index (χ2v) is 5.61. The van der Waals surface area contributed by atoms with Gasteiger partial charge in [-0.1, -0.05) is 40.6 Å². The van der Waals surface area contributed by atoms with E-state index in [0.717, 1.165) is 12.2 Å². The van der Waals surface area contributed by atoms with Gasteiger partial charge in [-0.15, -0.1) is 0 Å². The van der Waals surface area contributed by atoms with Crippen LogP contribution in [0.15, 0.2) is 24.3 Å². The van der Waals surface area contributed by atoms with E-state index in [-0.39, 0.29) is 0 Å². The van der Waals surface area contributed by atoms with E-state index < -0.39 is 0 Å². The summed E-state index contributed by atoms with van der Waals surface area (Å²) in [4.78, 5) is 0. The van der Waals surface area contributed by atoms with Gasteiger partial charge in [0.2, 0.25) is 0 Å². The van der Waals surface area contributed by atoms with Gasteiger partial charge in [0, 0.05) is 5.25 Å². The Morgan fingerprint density at radius 3 is 2.36 bits per heavy atom. The molecule has 1 nitrogen and oxygen atoms in total. The van der Waals surface area contributed by atoms with Gasteiger partial charge in [-0.3, -0.25) is 0 Å². The highest BCUT2D eigenvalue weighted by Gasteiger charge is 2.08. The molecule has 0 bridgehead atoms. The summed E-state index contributed by atoms with van der Waals surface area (Å²) in [6, 6.07) is 8.35. The lowest BCUT2D eigenvalue weighted by Gasteiger charge is -2.13. The summed E-state index contributed by atoms with van der Waals surface area (Å²) in [5.74, 6) is 0.928. The van der Waals surface area contributed by atoms with Gasteiger partial charge < -0.3 is 4.74 Å². The SMILES string of the molecule is CCC(SSC)c1ccc(OC)cc1. The smallest absolute Gasteiger partial charge is 0.118 e. The molecule has 0 saturated carbocycles. The minimum atomic E-state index is 0.593. The van der Waals surface area contributed by atoms with Crippen LogP contribution >= 0.6 is 21.6 Å². The number of ether oxygens (including phenoxy) is 1. The quantitative estimate of drug-likeness (QED) is 0.700. The van der Waals surface area contributed by atoms with Gasteiger partial charge in [-0.2, -0.15) is 0 Å². The highest BCUT2D eigenvalue weighted by atomic mass is 33.1. The molecule has 0 heterocycles. The monoisotopic (exact) mass is 228 g/mol. The Balaban J connectivity index is 2.73. The van der Waals surface area contributed by atoms with Crippen LogP contribution in [0.3, 0.4) is 0 Å². The fraction of sp³-hybridized carbons (Fsp3) is 0.455. The van der Waals surface area contributed by atoms with E-state index in [4.69, 9.17) is 4.74 Å². The molecule has 0 aliphatic heterocycles. The van der Waals surface area contributed by atoms with Crippen molar-refractivity contribution in [3.63, 3.8) is 0 Å². The fourth-order valence-electron chi connectivity index (χ4n) is 1.29. The van der Waals surface area contributed by atoms with Crippen LogP contribution in [0, 0.1) is 0 Å². The van der Waals surface area contributed by atoms with E-state index in [2.05, 4.69) is 25.3 Å². The Hall–Kier alpha value is -0.280. The third-order valence-corrected chi connectivity index (χ3v) is 4.38. The zero-order chi connectivity index (χ0) is 10.4. The van der Waals surface area contributed by atoms with Crippen molar-refractivity contribution in [1.82, 2.24) is 0 Å². The molecular formula is C11H16OS2.